The average molecular weight is 262 g/mol. The quantitative estimate of drug-likeness (QED) is 0.544. The fraction of sp³-hybridized carbons (Fsp3) is 0.500. The SMILES string of the molecule is CN(C)CC1CC(O)CN1c1ccc(C(=N)N)cc1. The largest absolute Gasteiger partial charge is 0.391 e. The van der Waals surface area contributed by atoms with Crippen LogP contribution in [0.25, 0.3) is 0 Å². The molecule has 1 aromatic rings. The summed E-state index contributed by atoms with van der Waals surface area (Å²) in [5.74, 6) is 0.0813. The minimum absolute atomic E-state index is 0.0813. The molecule has 5 nitrogen and oxygen atoms in total. The average Bonchev–Trinajstić information content (AvgIpc) is 2.69. The summed E-state index contributed by atoms with van der Waals surface area (Å²) in [7, 11) is 4.09. The number of nitrogen functional groups attached to an aromatic ring is 1. The molecule has 2 atom stereocenters. The van der Waals surface area contributed by atoms with E-state index in [4.69, 9.17) is 11.1 Å². The molecular formula is C14H22N4O. The lowest BCUT2D eigenvalue weighted by Crippen LogP contribution is -2.37. The van der Waals surface area contributed by atoms with Crippen molar-refractivity contribution in [3.8, 4) is 0 Å². The van der Waals surface area contributed by atoms with Crippen LogP contribution in [0.4, 0.5) is 5.69 Å². The second-order valence-corrected chi connectivity index (χ2v) is 5.42. The molecule has 0 amide bonds. The first-order valence-corrected chi connectivity index (χ1v) is 6.51. The number of amidine groups is 1. The summed E-state index contributed by atoms with van der Waals surface area (Å²) in [5, 5.41) is 17.3. The van der Waals surface area contributed by atoms with Crippen molar-refractivity contribution in [3.05, 3.63) is 29.8 Å². The number of nitrogens with one attached hydrogen (secondary N) is 1. The van der Waals surface area contributed by atoms with Crippen molar-refractivity contribution in [3.63, 3.8) is 0 Å². The van der Waals surface area contributed by atoms with Gasteiger partial charge in [-0.25, -0.2) is 0 Å². The topological polar surface area (TPSA) is 76.6 Å². The van der Waals surface area contributed by atoms with E-state index < -0.39 is 0 Å². The van der Waals surface area contributed by atoms with Gasteiger partial charge in [-0.05, 0) is 44.8 Å². The molecule has 1 aliphatic rings. The van der Waals surface area contributed by atoms with Gasteiger partial charge in [0.05, 0.1) is 6.10 Å². The van der Waals surface area contributed by atoms with E-state index >= 15 is 0 Å². The molecule has 1 heterocycles. The summed E-state index contributed by atoms with van der Waals surface area (Å²) in [4.78, 5) is 4.37. The Labute approximate surface area is 114 Å². The zero-order valence-corrected chi connectivity index (χ0v) is 11.5. The van der Waals surface area contributed by atoms with Crippen LogP contribution in [-0.2, 0) is 0 Å². The zero-order valence-electron chi connectivity index (χ0n) is 11.5. The van der Waals surface area contributed by atoms with Gasteiger partial charge in [0.15, 0.2) is 0 Å². The van der Waals surface area contributed by atoms with Crippen molar-refractivity contribution in [2.24, 2.45) is 5.73 Å². The highest BCUT2D eigenvalue weighted by Crippen LogP contribution is 2.26. The molecule has 0 spiro atoms. The van der Waals surface area contributed by atoms with Crippen molar-refractivity contribution in [1.29, 1.82) is 5.41 Å². The Morgan fingerprint density at radius 1 is 1.42 bits per heavy atom. The molecule has 0 saturated carbocycles. The van der Waals surface area contributed by atoms with Gasteiger partial charge in [-0.2, -0.15) is 0 Å². The van der Waals surface area contributed by atoms with Crippen LogP contribution in [0.5, 0.6) is 0 Å². The van der Waals surface area contributed by atoms with E-state index in [2.05, 4.69) is 9.80 Å². The van der Waals surface area contributed by atoms with E-state index in [1.807, 2.05) is 38.4 Å². The van der Waals surface area contributed by atoms with E-state index in [9.17, 15) is 5.11 Å². The third-order valence-corrected chi connectivity index (χ3v) is 3.48. The third kappa shape index (κ3) is 3.24. The van der Waals surface area contributed by atoms with Gasteiger partial charge >= 0.3 is 0 Å². The monoisotopic (exact) mass is 262 g/mol. The number of hydrogen-bond acceptors (Lipinski definition) is 4. The molecule has 0 bridgehead atoms. The molecule has 4 N–H and O–H groups in total. The Hall–Kier alpha value is -1.59. The van der Waals surface area contributed by atoms with Crippen LogP contribution in [0, 0.1) is 5.41 Å². The molecule has 1 aliphatic heterocycles. The Morgan fingerprint density at radius 2 is 2.05 bits per heavy atom. The predicted octanol–water partition coefficient (Wildman–Crippen LogP) is 0.472. The number of anilines is 1. The van der Waals surface area contributed by atoms with Crippen molar-refractivity contribution in [2.45, 2.75) is 18.6 Å². The first kappa shape index (κ1) is 13.8. The van der Waals surface area contributed by atoms with Gasteiger partial charge in [0.1, 0.15) is 5.84 Å². The lowest BCUT2D eigenvalue weighted by atomic mass is 10.1. The van der Waals surface area contributed by atoms with Gasteiger partial charge in [0.2, 0.25) is 0 Å². The van der Waals surface area contributed by atoms with Gasteiger partial charge in [-0.15, -0.1) is 0 Å². The molecule has 0 aromatic heterocycles. The molecule has 1 aromatic carbocycles. The molecule has 2 rings (SSSR count). The van der Waals surface area contributed by atoms with Gasteiger partial charge in [0, 0.05) is 30.4 Å². The highest BCUT2D eigenvalue weighted by atomic mass is 16.3. The van der Waals surface area contributed by atoms with E-state index in [1.165, 1.54) is 0 Å². The molecule has 2 unspecified atom stereocenters. The fourth-order valence-electron chi connectivity index (χ4n) is 2.64. The third-order valence-electron chi connectivity index (χ3n) is 3.48. The summed E-state index contributed by atoms with van der Waals surface area (Å²) >= 11 is 0. The fourth-order valence-corrected chi connectivity index (χ4v) is 2.64. The van der Waals surface area contributed by atoms with Crippen LogP contribution < -0.4 is 10.6 Å². The number of benzene rings is 1. The molecule has 0 aliphatic carbocycles. The number of nitrogens with two attached hydrogens (primary N) is 1. The molecule has 1 saturated heterocycles. The van der Waals surface area contributed by atoms with Crippen LogP contribution >= 0.6 is 0 Å². The van der Waals surface area contributed by atoms with Gasteiger partial charge < -0.3 is 20.6 Å². The van der Waals surface area contributed by atoms with E-state index in [-0.39, 0.29) is 11.9 Å². The molecule has 19 heavy (non-hydrogen) atoms. The first-order chi connectivity index (χ1) is 8.97. The van der Waals surface area contributed by atoms with Crippen LogP contribution in [-0.4, -0.2) is 55.2 Å². The van der Waals surface area contributed by atoms with E-state index in [0.29, 0.717) is 12.6 Å². The first-order valence-electron chi connectivity index (χ1n) is 6.51. The minimum atomic E-state index is -0.266. The van der Waals surface area contributed by atoms with Gasteiger partial charge in [-0.1, -0.05) is 0 Å². The van der Waals surface area contributed by atoms with E-state index in [1.54, 1.807) is 0 Å². The molecular weight excluding hydrogens is 240 g/mol. The van der Waals surface area contributed by atoms with Crippen LogP contribution in [0.2, 0.25) is 0 Å². The Bertz CT molecular complexity index is 443. The lowest BCUT2D eigenvalue weighted by Gasteiger charge is -2.28. The summed E-state index contributed by atoms with van der Waals surface area (Å²) in [6.07, 6.45) is 0.532. The summed E-state index contributed by atoms with van der Waals surface area (Å²) in [6.45, 7) is 1.59. The summed E-state index contributed by atoms with van der Waals surface area (Å²) < 4.78 is 0. The second kappa shape index (κ2) is 5.59. The number of aliphatic hydroxyl groups excluding tert-OH is 1. The standard InChI is InChI=1S/C14H22N4O/c1-17(2)8-12-7-13(19)9-18(12)11-5-3-10(4-6-11)14(15)16/h3-6,12-13,19H,7-9H2,1-2H3,(H3,15,16). The predicted molar refractivity (Wildman–Crippen MR) is 77.8 cm³/mol. The summed E-state index contributed by atoms with van der Waals surface area (Å²) in [6, 6.07) is 7.98. The molecule has 0 radical (unpaired) electrons. The van der Waals surface area contributed by atoms with Crippen LogP contribution in [0.15, 0.2) is 24.3 Å². The zero-order chi connectivity index (χ0) is 14.0. The molecule has 1 fully saturated rings. The van der Waals surface area contributed by atoms with Crippen molar-refractivity contribution >= 4 is 11.5 Å². The lowest BCUT2D eigenvalue weighted by molar-refractivity contribution is 0.191. The van der Waals surface area contributed by atoms with Gasteiger partial charge in [-0.3, -0.25) is 5.41 Å². The number of likely N-dealkylation sites (N-methyl/N-ethyl adjacent to an activating group) is 1. The second-order valence-electron chi connectivity index (χ2n) is 5.42. The van der Waals surface area contributed by atoms with Crippen LogP contribution in [0.1, 0.15) is 12.0 Å². The van der Waals surface area contributed by atoms with Gasteiger partial charge in [0.25, 0.3) is 0 Å². The minimum Gasteiger partial charge on any atom is -0.391 e. The Balaban J connectivity index is 2.16. The summed E-state index contributed by atoms with van der Waals surface area (Å²) in [5.41, 5.74) is 7.26. The van der Waals surface area contributed by atoms with E-state index in [0.717, 1.165) is 24.2 Å². The van der Waals surface area contributed by atoms with Crippen molar-refractivity contribution < 1.29 is 5.11 Å². The number of rotatable bonds is 4. The Kier molecular flexibility index (Phi) is 4.07. The van der Waals surface area contributed by atoms with Crippen LogP contribution in [0.3, 0.4) is 0 Å². The van der Waals surface area contributed by atoms with Crippen molar-refractivity contribution in [1.82, 2.24) is 4.90 Å². The number of hydrogen-bond donors (Lipinski definition) is 3. The molecule has 5 heteroatoms. The maximum absolute atomic E-state index is 9.87. The molecule has 104 valence electrons. The number of nitrogens with zero attached hydrogens (tertiary/aromatic N) is 2. The van der Waals surface area contributed by atoms with Crippen molar-refractivity contribution in [2.75, 3.05) is 32.1 Å². The number of aliphatic hydroxyl groups is 1. The highest BCUT2D eigenvalue weighted by Gasteiger charge is 2.31. The smallest absolute Gasteiger partial charge is 0.122 e. The maximum Gasteiger partial charge on any atom is 0.122 e. The number of β-amino-alcohol motifs (C(OH)–C–C–N with tert-alkyl or cyclic N) is 1. The normalized spacial score (nSPS) is 23.1. The Morgan fingerprint density at radius 3 is 2.58 bits per heavy atom. The maximum atomic E-state index is 9.87. The highest BCUT2D eigenvalue weighted by molar-refractivity contribution is 5.95.